The second-order valence-electron chi connectivity index (χ2n) is 5.93. The second-order valence-corrected chi connectivity index (χ2v) is 6.34. The van der Waals surface area contributed by atoms with Gasteiger partial charge in [0.25, 0.3) is 11.8 Å². The number of carbonyl (C=O) groups is 2. The summed E-state index contributed by atoms with van der Waals surface area (Å²) in [5.41, 5.74) is 1.13. The van der Waals surface area contributed by atoms with Gasteiger partial charge in [-0.25, -0.2) is 0 Å². The van der Waals surface area contributed by atoms with E-state index in [4.69, 9.17) is 21.2 Å². The number of halogens is 1. The molecule has 1 N–H and O–H groups in total. The van der Waals surface area contributed by atoms with Crippen molar-refractivity contribution in [2.45, 2.75) is 13.8 Å². The molecule has 8 heteroatoms. The molecule has 0 saturated heterocycles. The molecule has 2 aromatic carbocycles. The fourth-order valence-corrected chi connectivity index (χ4v) is 2.65. The number of hydrogen-bond donors (Lipinski definition) is 1. The molecule has 0 aliphatic rings. The van der Waals surface area contributed by atoms with E-state index < -0.39 is 0 Å². The molecule has 0 bridgehead atoms. The zero-order chi connectivity index (χ0) is 21.1. The van der Waals surface area contributed by atoms with Crippen molar-refractivity contribution in [3.63, 3.8) is 0 Å². The fraction of sp³-hybridized carbons (Fsp3) is 0.286. The van der Waals surface area contributed by atoms with Gasteiger partial charge in [-0.05, 0) is 38.1 Å². The summed E-state index contributed by atoms with van der Waals surface area (Å²) in [5, 5.41) is 6.88. The number of hydrogen-bond acceptors (Lipinski definition) is 5. The average molecular weight is 418 g/mol. The molecular weight excluding hydrogens is 394 g/mol. The summed E-state index contributed by atoms with van der Waals surface area (Å²) in [4.78, 5) is 30.7. The third-order valence-electron chi connectivity index (χ3n) is 4.00. The van der Waals surface area contributed by atoms with Crippen LogP contribution in [0.15, 0.2) is 53.7 Å². The minimum atomic E-state index is -0.385. The van der Waals surface area contributed by atoms with Gasteiger partial charge >= 0.3 is 0 Å². The standard InChI is InChI=1S/C21H24ClN3O4/c1-3-25(4-2)21(27)15-28-19-12-8-5-9-16(19)13-23-29-14-20(26)24-18-11-7-6-10-17(18)22/h5-13H,3-4,14-15H2,1-2H3,(H,24,26). The molecular formula is C21H24ClN3O4. The number of likely N-dealkylation sites (N-methyl/N-ethyl adjacent to an activating group) is 1. The lowest BCUT2D eigenvalue weighted by Gasteiger charge is -2.19. The van der Waals surface area contributed by atoms with Crippen molar-refractivity contribution in [3.8, 4) is 5.75 Å². The van der Waals surface area contributed by atoms with Crippen LogP contribution >= 0.6 is 11.6 Å². The summed E-state index contributed by atoms with van der Waals surface area (Å²) in [6.45, 7) is 4.76. The molecule has 0 aromatic heterocycles. The van der Waals surface area contributed by atoms with Gasteiger partial charge in [0.1, 0.15) is 5.75 Å². The first-order valence-electron chi connectivity index (χ1n) is 9.24. The molecule has 0 aliphatic heterocycles. The molecule has 0 spiro atoms. The number of rotatable bonds is 10. The third kappa shape index (κ3) is 7.12. The van der Waals surface area contributed by atoms with Crippen LogP contribution in [0.3, 0.4) is 0 Å². The Kier molecular flexibility index (Phi) is 8.98. The molecule has 0 saturated carbocycles. The largest absolute Gasteiger partial charge is 0.483 e. The number of nitrogens with one attached hydrogen (secondary N) is 1. The lowest BCUT2D eigenvalue weighted by atomic mass is 10.2. The highest BCUT2D eigenvalue weighted by Gasteiger charge is 2.11. The highest BCUT2D eigenvalue weighted by molar-refractivity contribution is 6.33. The molecule has 0 radical (unpaired) electrons. The van der Waals surface area contributed by atoms with E-state index in [0.29, 0.717) is 35.1 Å². The normalized spacial score (nSPS) is 10.6. The predicted molar refractivity (Wildman–Crippen MR) is 113 cm³/mol. The van der Waals surface area contributed by atoms with Crippen LogP contribution in [0.25, 0.3) is 0 Å². The van der Waals surface area contributed by atoms with Gasteiger partial charge in [0.05, 0.1) is 16.9 Å². The van der Waals surface area contributed by atoms with E-state index in [1.54, 1.807) is 47.4 Å². The molecule has 2 aromatic rings. The van der Waals surface area contributed by atoms with Gasteiger partial charge in [-0.2, -0.15) is 0 Å². The first-order valence-corrected chi connectivity index (χ1v) is 9.62. The van der Waals surface area contributed by atoms with Crippen molar-refractivity contribution in [2.24, 2.45) is 5.16 Å². The monoisotopic (exact) mass is 417 g/mol. The average Bonchev–Trinajstić information content (AvgIpc) is 2.73. The van der Waals surface area contributed by atoms with Crippen LogP contribution in [0.5, 0.6) is 5.75 Å². The van der Waals surface area contributed by atoms with Gasteiger partial charge in [-0.1, -0.05) is 41.0 Å². The Balaban J connectivity index is 1.86. The van der Waals surface area contributed by atoms with E-state index in [0.717, 1.165) is 0 Å². The maximum absolute atomic E-state index is 12.1. The van der Waals surface area contributed by atoms with E-state index in [1.807, 2.05) is 19.9 Å². The fourth-order valence-electron chi connectivity index (χ4n) is 2.46. The van der Waals surface area contributed by atoms with Crippen LogP contribution in [0.4, 0.5) is 5.69 Å². The molecule has 2 amide bonds. The van der Waals surface area contributed by atoms with Crippen molar-refractivity contribution in [1.82, 2.24) is 4.90 Å². The summed E-state index contributed by atoms with van der Waals surface area (Å²) in [7, 11) is 0. The molecule has 0 heterocycles. The van der Waals surface area contributed by atoms with Crippen molar-refractivity contribution in [1.29, 1.82) is 0 Å². The Morgan fingerprint density at radius 3 is 2.48 bits per heavy atom. The van der Waals surface area contributed by atoms with Gasteiger partial charge in [-0.3, -0.25) is 9.59 Å². The Morgan fingerprint density at radius 2 is 1.76 bits per heavy atom. The maximum atomic E-state index is 12.1. The van der Waals surface area contributed by atoms with Gasteiger partial charge in [0, 0.05) is 18.7 Å². The van der Waals surface area contributed by atoms with E-state index in [-0.39, 0.29) is 25.0 Å². The van der Waals surface area contributed by atoms with Crippen molar-refractivity contribution >= 4 is 35.3 Å². The van der Waals surface area contributed by atoms with Crippen molar-refractivity contribution in [3.05, 3.63) is 59.1 Å². The summed E-state index contributed by atoms with van der Waals surface area (Å²) < 4.78 is 5.62. The van der Waals surface area contributed by atoms with E-state index >= 15 is 0 Å². The zero-order valence-corrected chi connectivity index (χ0v) is 17.2. The van der Waals surface area contributed by atoms with Gasteiger partial charge < -0.3 is 19.8 Å². The lowest BCUT2D eigenvalue weighted by molar-refractivity contribution is -0.133. The number of amides is 2. The Labute approximate surface area is 175 Å². The molecule has 29 heavy (non-hydrogen) atoms. The third-order valence-corrected chi connectivity index (χ3v) is 4.33. The van der Waals surface area contributed by atoms with Crippen LogP contribution in [0.2, 0.25) is 5.02 Å². The molecule has 154 valence electrons. The van der Waals surface area contributed by atoms with Crippen LogP contribution in [-0.2, 0) is 14.4 Å². The number of anilines is 1. The summed E-state index contributed by atoms with van der Waals surface area (Å²) in [5.74, 6) is 0.0275. The Bertz CT molecular complexity index is 853. The van der Waals surface area contributed by atoms with Gasteiger partial charge in [0.15, 0.2) is 13.2 Å². The quantitative estimate of drug-likeness (QED) is 0.473. The number of nitrogens with zero attached hydrogens (tertiary/aromatic N) is 2. The van der Waals surface area contributed by atoms with Crippen LogP contribution in [0, 0.1) is 0 Å². The molecule has 7 nitrogen and oxygen atoms in total. The SMILES string of the molecule is CCN(CC)C(=O)COc1ccccc1C=NOCC(=O)Nc1ccccc1Cl. The predicted octanol–water partition coefficient (Wildman–Crippen LogP) is 3.58. The van der Waals surface area contributed by atoms with Gasteiger partial charge in [0.2, 0.25) is 0 Å². The first-order chi connectivity index (χ1) is 14.0. The summed E-state index contributed by atoms with van der Waals surface area (Å²) in [6.07, 6.45) is 1.43. The first kappa shape index (κ1) is 22.2. The molecule has 0 unspecified atom stereocenters. The number of ether oxygens (including phenoxy) is 1. The van der Waals surface area contributed by atoms with Crippen LogP contribution in [0.1, 0.15) is 19.4 Å². The number of benzene rings is 2. The highest BCUT2D eigenvalue weighted by atomic mass is 35.5. The smallest absolute Gasteiger partial charge is 0.265 e. The minimum Gasteiger partial charge on any atom is -0.483 e. The second kappa shape index (κ2) is 11.7. The van der Waals surface area contributed by atoms with Crippen molar-refractivity contribution < 1.29 is 19.2 Å². The lowest BCUT2D eigenvalue weighted by Crippen LogP contribution is -2.34. The van der Waals surface area contributed by atoms with Gasteiger partial charge in [-0.15, -0.1) is 0 Å². The number of carbonyl (C=O) groups excluding carboxylic acids is 2. The highest BCUT2D eigenvalue weighted by Crippen LogP contribution is 2.20. The molecule has 2 rings (SSSR count). The minimum absolute atomic E-state index is 0.0619. The van der Waals surface area contributed by atoms with Crippen LogP contribution in [-0.4, -0.2) is 49.2 Å². The molecule has 0 atom stereocenters. The maximum Gasteiger partial charge on any atom is 0.265 e. The van der Waals surface area contributed by atoms with E-state index in [2.05, 4.69) is 10.5 Å². The van der Waals surface area contributed by atoms with Crippen molar-refractivity contribution in [2.75, 3.05) is 31.6 Å². The van der Waals surface area contributed by atoms with Crippen LogP contribution < -0.4 is 10.1 Å². The van der Waals surface area contributed by atoms with E-state index in [1.165, 1.54) is 6.21 Å². The summed E-state index contributed by atoms with van der Waals surface area (Å²) in [6, 6.07) is 14.0. The Morgan fingerprint density at radius 1 is 1.07 bits per heavy atom. The Hall–Kier alpha value is -3.06. The van der Waals surface area contributed by atoms with E-state index in [9.17, 15) is 9.59 Å². The summed E-state index contributed by atoms with van der Waals surface area (Å²) >= 11 is 5.99. The number of para-hydroxylation sites is 2. The number of oxime groups is 1. The molecule has 0 aliphatic carbocycles. The zero-order valence-electron chi connectivity index (χ0n) is 16.4. The molecule has 0 fully saturated rings. The topological polar surface area (TPSA) is 80.2 Å².